The van der Waals surface area contributed by atoms with Gasteiger partial charge in [-0.05, 0) is 67.3 Å². The van der Waals surface area contributed by atoms with E-state index in [0.29, 0.717) is 35.5 Å². The minimum atomic E-state index is -4.41. The number of benzene rings is 3. The number of alkyl halides is 3. The van der Waals surface area contributed by atoms with E-state index >= 15 is 0 Å². The molecular weight excluding hydrogens is 613 g/mol. The minimum absolute atomic E-state index is 0.165. The number of ether oxygens (including phenoxy) is 2. The van der Waals surface area contributed by atoms with Gasteiger partial charge in [-0.3, -0.25) is 0 Å². The number of hydrogen-bond acceptors (Lipinski definition) is 7. The third-order valence-corrected chi connectivity index (χ3v) is 8.79. The van der Waals surface area contributed by atoms with Crippen molar-refractivity contribution in [2.75, 3.05) is 57.6 Å². The molecule has 7 nitrogen and oxygen atoms in total. The van der Waals surface area contributed by atoms with Crippen molar-refractivity contribution >= 4 is 34.0 Å². The van der Waals surface area contributed by atoms with Crippen molar-refractivity contribution in [1.82, 2.24) is 9.47 Å². The van der Waals surface area contributed by atoms with Crippen LogP contribution in [0.15, 0.2) is 82.6 Å². The number of aromatic nitrogens is 1. The van der Waals surface area contributed by atoms with Crippen molar-refractivity contribution in [2.45, 2.75) is 47.5 Å². The van der Waals surface area contributed by atoms with Crippen molar-refractivity contribution in [1.29, 1.82) is 0 Å². The summed E-state index contributed by atoms with van der Waals surface area (Å²) in [6.07, 6.45) is -3.23. The first-order valence-electron chi connectivity index (χ1n) is 15.2. The minimum Gasteiger partial charge on any atom is -0.495 e. The molecule has 1 atom stereocenters. The fourth-order valence-electron chi connectivity index (χ4n) is 5.67. The predicted octanol–water partition coefficient (Wildman–Crippen LogP) is 6.71. The highest BCUT2D eigenvalue weighted by Gasteiger charge is 2.30. The molecule has 1 saturated heterocycles. The van der Waals surface area contributed by atoms with Crippen LogP contribution in [0.2, 0.25) is 0 Å². The molecule has 4 aromatic rings. The zero-order valence-corrected chi connectivity index (χ0v) is 26.8. The summed E-state index contributed by atoms with van der Waals surface area (Å²) in [7, 11) is 3.17. The predicted molar refractivity (Wildman–Crippen MR) is 178 cm³/mol. The average Bonchev–Trinajstić information content (AvgIpc) is 3.37. The van der Waals surface area contributed by atoms with Crippen LogP contribution in [0.25, 0.3) is 10.9 Å². The van der Waals surface area contributed by atoms with E-state index in [1.54, 1.807) is 44.2 Å². The monoisotopic (exact) mass is 652 g/mol. The Labute approximate surface area is 272 Å². The maximum absolute atomic E-state index is 13.7. The fraction of sp³-hybridized carbons (Fsp3) is 0.371. The molecule has 11 heteroatoms. The van der Waals surface area contributed by atoms with Gasteiger partial charge in [-0.15, -0.1) is 0 Å². The molecule has 0 spiro atoms. The number of nitrogens with zero attached hydrogens (tertiary/aromatic N) is 2. The lowest BCUT2D eigenvalue weighted by Crippen LogP contribution is -2.43. The summed E-state index contributed by atoms with van der Waals surface area (Å²) < 4.78 is 52.9. The molecule has 1 fully saturated rings. The second-order valence-corrected chi connectivity index (χ2v) is 12.4. The SMILES string of the molecule is COCC(O)CN1CCC(Nc2cccc3c2cc(C#CCNc2ccc(Sc4ccccc4)cc2OC)n3CC(F)(F)F)CC1. The van der Waals surface area contributed by atoms with Crippen molar-refractivity contribution < 1.29 is 27.8 Å². The van der Waals surface area contributed by atoms with Crippen LogP contribution in [0.5, 0.6) is 5.75 Å². The third kappa shape index (κ3) is 9.13. The highest BCUT2D eigenvalue weighted by molar-refractivity contribution is 7.99. The molecular formula is C35H39F3N4O3S. The summed E-state index contributed by atoms with van der Waals surface area (Å²) in [5.74, 6) is 6.64. The molecule has 5 rings (SSSR count). The van der Waals surface area contributed by atoms with E-state index < -0.39 is 18.8 Å². The van der Waals surface area contributed by atoms with Gasteiger partial charge in [0.2, 0.25) is 0 Å². The Morgan fingerprint density at radius 2 is 1.76 bits per heavy atom. The molecule has 0 radical (unpaired) electrons. The zero-order chi connectivity index (χ0) is 32.5. The number of nitrogens with one attached hydrogen (secondary N) is 2. The first-order valence-corrected chi connectivity index (χ1v) is 16.0. The van der Waals surface area contributed by atoms with Gasteiger partial charge in [0, 0.05) is 53.7 Å². The molecule has 0 aliphatic carbocycles. The summed E-state index contributed by atoms with van der Waals surface area (Å²) in [6, 6.07) is 23.2. The summed E-state index contributed by atoms with van der Waals surface area (Å²) >= 11 is 1.62. The van der Waals surface area contributed by atoms with Gasteiger partial charge in [-0.1, -0.05) is 41.9 Å². The second-order valence-electron chi connectivity index (χ2n) is 11.2. The number of likely N-dealkylation sites (tertiary alicyclic amines) is 1. The molecule has 0 amide bonds. The normalized spacial score (nSPS) is 14.9. The number of aliphatic hydroxyl groups excluding tert-OH is 1. The van der Waals surface area contributed by atoms with Crippen LogP contribution >= 0.6 is 11.8 Å². The molecule has 1 aromatic heterocycles. The quantitative estimate of drug-likeness (QED) is 0.147. The Morgan fingerprint density at radius 1 is 0.978 bits per heavy atom. The third-order valence-electron chi connectivity index (χ3n) is 7.79. The number of rotatable bonds is 12. The van der Waals surface area contributed by atoms with Crippen LogP contribution in [0.4, 0.5) is 24.5 Å². The number of hydrogen-bond donors (Lipinski definition) is 3. The molecule has 1 aliphatic heterocycles. The van der Waals surface area contributed by atoms with Crippen LogP contribution in [0.3, 0.4) is 0 Å². The van der Waals surface area contributed by atoms with E-state index in [-0.39, 0.29) is 12.6 Å². The molecule has 46 heavy (non-hydrogen) atoms. The van der Waals surface area contributed by atoms with E-state index in [1.165, 1.54) is 4.57 Å². The van der Waals surface area contributed by atoms with Crippen LogP contribution < -0.4 is 15.4 Å². The highest BCUT2D eigenvalue weighted by atomic mass is 32.2. The van der Waals surface area contributed by atoms with Gasteiger partial charge in [-0.25, -0.2) is 0 Å². The molecule has 2 heterocycles. The average molecular weight is 653 g/mol. The Hall–Kier alpha value is -3.82. The summed E-state index contributed by atoms with van der Waals surface area (Å²) in [6.45, 7) is 1.57. The highest BCUT2D eigenvalue weighted by Crippen LogP contribution is 2.34. The Bertz CT molecular complexity index is 1640. The smallest absolute Gasteiger partial charge is 0.406 e. The topological polar surface area (TPSA) is 70.9 Å². The summed E-state index contributed by atoms with van der Waals surface area (Å²) in [5, 5.41) is 17.6. The van der Waals surface area contributed by atoms with Crippen molar-refractivity contribution in [3.8, 4) is 17.6 Å². The first-order chi connectivity index (χ1) is 22.2. The number of anilines is 2. The van der Waals surface area contributed by atoms with Gasteiger partial charge in [0.05, 0.1) is 43.3 Å². The molecule has 3 N–H and O–H groups in total. The molecule has 0 saturated carbocycles. The number of piperidine rings is 1. The van der Waals surface area contributed by atoms with Crippen LogP contribution in [0.1, 0.15) is 18.5 Å². The van der Waals surface area contributed by atoms with Crippen molar-refractivity contribution in [3.05, 3.63) is 78.5 Å². The van der Waals surface area contributed by atoms with Crippen LogP contribution in [0, 0.1) is 11.8 Å². The largest absolute Gasteiger partial charge is 0.495 e. The second kappa shape index (κ2) is 15.6. The standard InChI is InChI=1S/C35H39F3N4O3S/c1-44-23-27(43)22-41-18-15-25(16-19-41)40-31-11-6-12-33-30(31)20-26(42(33)24-35(36,37)38)8-7-17-39-32-14-13-29(21-34(32)45-2)46-28-9-4-3-5-10-28/h3-6,9-14,20-21,25,27,39-40,43H,15-19,22-24H2,1-2H3. The lowest BCUT2D eigenvalue weighted by atomic mass is 10.0. The number of halogens is 3. The first kappa shape index (κ1) is 33.5. The van der Waals surface area contributed by atoms with Gasteiger partial charge < -0.3 is 34.7 Å². The maximum atomic E-state index is 13.7. The molecule has 1 aliphatic rings. The van der Waals surface area contributed by atoms with Crippen LogP contribution in [-0.4, -0.2) is 79.9 Å². The Morgan fingerprint density at radius 3 is 2.48 bits per heavy atom. The summed E-state index contributed by atoms with van der Waals surface area (Å²) in [5.41, 5.74) is 2.31. The summed E-state index contributed by atoms with van der Waals surface area (Å²) in [4.78, 5) is 4.34. The maximum Gasteiger partial charge on any atom is 0.406 e. The van der Waals surface area contributed by atoms with Gasteiger partial charge >= 0.3 is 6.18 Å². The van der Waals surface area contributed by atoms with Crippen molar-refractivity contribution in [2.24, 2.45) is 0 Å². The lowest BCUT2D eigenvalue weighted by molar-refractivity contribution is -0.140. The number of fused-ring (bicyclic) bond motifs is 1. The lowest BCUT2D eigenvalue weighted by Gasteiger charge is -2.34. The zero-order valence-electron chi connectivity index (χ0n) is 25.9. The molecule has 0 bridgehead atoms. The van der Waals surface area contributed by atoms with Gasteiger partial charge in [0.25, 0.3) is 0 Å². The Balaban J connectivity index is 1.29. The van der Waals surface area contributed by atoms with E-state index in [4.69, 9.17) is 9.47 Å². The van der Waals surface area contributed by atoms with E-state index in [1.807, 2.05) is 54.6 Å². The molecule has 1 unspecified atom stereocenters. The van der Waals surface area contributed by atoms with Gasteiger partial charge in [-0.2, -0.15) is 13.2 Å². The number of β-amino-alcohol motifs (C(OH)–C–C–N with tert-alkyl or cyclic N) is 1. The Kier molecular flexibility index (Phi) is 11.4. The van der Waals surface area contributed by atoms with Crippen LogP contribution in [-0.2, 0) is 11.3 Å². The van der Waals surface area contributed by atoms with Gasteiger partial charge in [0.1, 0.15) is 12.3 Å². The van der Waals surface area contributed by atoms with E-state index in [9.17, 15) is 18.3 Å². The van der Waals surface area contributed by atoms with Gasteiger partial charge in [0.15, 0.2) is 0 Å². The van der Waals surface area contributed by atoms with E-state index in [2.05, 4.69) is 27.4 Å². The van der Waals surface area contributed by atoms with E-state index in [0.717, 1.165) is 47.1 Å². The molecule has 3 aromatic carbocycles. The number of aliphatic hydroxyl groups is 1. The molecule has 244 valence electrons. The van der Waals surface area contributed by atoms with Crippen molar-refractivity contribution in [3.63, 3.8) is 0 Å². The number of methoxy groups -OCH3 is 2. The fourth-order valence-corrected chi connectivity index (χ4v) is 6.53.